The molecule has 0 bridgehead atoms. The summed E-state index contributed by atoms with van der Waals surface area (Å²) in [5, 5.41) is 17.9. The van der Waals surface area contributed by atoms with E-state index < -0.39 is 0 Å². The van der Waals surface area contributed by atoms with Crippen LogP contribution in [0.15, 0.2) is 29.5 Å². The average Bonchev–Trinajstić information content (AvgIpc) is 3.13. The fraction of sp³-hybridized carbons (Fsp3) is 0.412. The highest BCUT2D eigenvalue weighted by Crippen LogP contribution is 2.22. The minimum absolute atomic E-state index is 0.210. The molecule has 146 valence electrons. The molecule has 2 aromatic rings. The van der Waals surface area contributed by atoms with Gasteiger partial charge in [-0.2, -0.15) is 0 Å². The average molecular weight is 412 g/mol. The molecule has 3 N–H and O–H groups in total. The Kier molecular flexibility index (Phi) is 8.35. The van der Waals surface area contributed by atoms with Gasteiger partial charge in [-0.1, -0.05) is 30.1 Å². The van der Waals surface area contributed by atoms with Gasteiger partial charge < -0.3 is 20.5 Å². The molecule has 0 fully saturated rings. The summed E-state index contributed by atoms with van der Waals surface area (Å²) in [4.78, 5) is 16.2. The van der Waals surface area contributed by atoms with E-state index in [1.807, 2.05) is 11.5 Å². The summed E-state index contributed by atoms with van der Waals surface area (Å²) in [7, 11) is 1.69. The van der Waals surface area contributed by atoms with Crippen molar-refractivity contribution < 1.29 is 4.79 Å². The molecular formula is C17H23Cl2N7O. The first-order valence-electron chi connectivity index (χ1n) is 8.59. The van der Waals surface area contributed by atoms with Crippen molar-refractivity contribution in [3.05, 3.63) is 46.0 Å². The van der Waals surface area contributed by atoms with Crippen LogP contribution in [0.25, 0.3) is 0 Å². The lowest BCUT2D eigenvalue weighted by atomic mass is 10.2. The number of nitrogens with one attached hydrogen (secondary N) is 3. The number of rotatable bonds is 8. The minimum atomic E-state index is -0.210. The second-order valence-electron chi connectivity index (χ2n) is 5.60. The number of hydrogen-bond acceptors (Lipinski definition) is 4. The highest BCUT2D eigenvalue weighted by Gasteiger charge is 2.07. The Labute approximate surface area is 168 Å². The largest absolute Gasteiger partial charge is 0.355 e. The molecule has 0 saturated heterocycles. The van der Waals surface area contributed by atoms with Crippen LogP contribution in [0.2, 0.25) is 10.0 Å². The number of carbonyl (C=O) groups excluding carboxylic acids is 1. The maximum Gasteiger partial charge on any atom is 0.251 e. The topological polar surface area (TPSA) is 96.2 Å². The second kappa shape index (κ2) is 10.7. The minimum Gasteiger partial charge on any atom is -0.355 e. The van der Waals surface area contributed by atoms with E-state index in [2.05, 4.69) is 31.1 Å². The van der Waals surface area contributed by atoms with Gasteiger partial charge >= 0.3 is 0 Å². The van der Waals surface area contributed by atoms with E-state index in [1.165, 1.54) is 0 Å². The van der Waals surface area contributed by atoms with Crippen molar-refractivity contribution in [2.75, 3.05) is 26.7 Å². The zero-order valence-corrected chi connectivity index (χ0v) is 16.8. The molecule has 0 aliphatic carbocycles. The Morgan fingerprint density at radius 3 is 2.59 bits per heavy atom. The van der Waals surface area contributed by atoms with Crippen LogP contribution in [0.4, 0.5) is 0 Å². The molecule has 1 heterocycles. The number of aryl methyl sites for hydroxylation is 1. The number of halogens is 2. The van der Waals surface area contributed by atoms with Crippen LogP contribution in [0, 0.1) is 0 Å². The molecule has 0 aliphatic rings. The lowest BCUT2D eigenvalue weighted by molar-refractivity contribution is 0.0954. The number of carbonyl (C=O) groups is 1. The molecule has 0 spiro atoms. The van der Waals surface area contributed by atoms with E-state index in [0.717, 1.165) is 18.8 Å². The molecule has 8 nitrogen and oxygen atoms in total. The highest BCUT2D eigenvalue weighted by atomic mass is 35.5. The van der Waals surface area contributed by atoms with E-state index in [4.69, 9.17) is 23.2 Å². The maximum absolute atomic E-state index is 12.1. The van der Waals surface area contributed by atoms with Crippen molar-refractivity contribution in [3.63, 3.8) is 0 Å². The fourth-order valence-corrected chi connectivity index (χ4v) is 2.65. The number of nitrogens with zero attached hydrogens (tertiary/aromatic N) is 4. The van der Waals surface area contributed by atoms with Crippen molar-refractivity contribution in [1.82, 2.24) is 30.7 Å². The summed E-state index contributed by atoms with van der Waals surface area (Å²) in [5.41, 5.74) is 0.465. The van der Waals surface area contributed by atoms with Crippen LogP contribution >= 0.6 is 23.2 Å². The first-order chi connectivity index (χ1) is 13.0. The van der Waals surface area contributed by atoms with Crippen molar-refractivity contribution in [3.8, 4) is 0 Å². The zero-order valence-electron chi connectivity index (χ0n) is 15.3. The van der Waals surface area contributed by atoms with Gasteiger partial charge in [-0.05, 0) is 18.2 Å². The molecule has 0 aliphatic heterocycles. The zero-order chi connectivity index (χ0) is 19.6. The Bertz CT molecular complexity index is 791. The first kappa shape index (κ1) is 21.0. The Morgan fingerprint density at radius 1 is 1.15 bits per heavy atom. The van der Waals surface area contributed by atoms with Crippen LogP contribution in [0.3, 0.4) is 0 Å². The van der Waals surface area contributed by atoms with E-state index >= 15 is 0 Å². The maximum atomic E-state index is 12.1. The summed E-state index contributed by atoms with van der Waals surface area (Å²) in [5.74, 6) is 1.40. The second-order valence-corrected chi connectivity index (χ2v) is 6.42. The molecule has 2 rings (SSSR count). The van der Waals surface area contributed by atoms with Gasteiger partial charge in [0.15, 0.2) is 5.96 Å². The molecule has 0 radical (unpaired) electrons. The van der Waals surface area contributed by atoms with Gasteiger partial charge in [-0.15, -0.1) is 10.2 Å². The van der Waals surface area contributed by atoms with Gasteiger partial charge in [-0.25, -0.2) is 0 Å². The van der Waals surface area contributed by atoms with Gasteiger partial charge in [0, 0.05) is 45.2 Å². The molecule has 1 amide bonds. The summed E-state index contributed by atoms with van der Waals surface area (Å²) in [6.45, 7) is 4.43. The van der Waals surface area contributed by atoms with Crippen molar-refractivity contribution in [2.45, 2.75) is 19.9 Å². The number of hydrogen-bond donors (Lipinski definition) is 3. The van der Waals surface area contributed by atoms with Crippen LogP contribution in [0.5, 0.6) is 0 Å². The Morgan fingerprint density at radius 2 is 1.89 bits per heavy atom. The molecular weight excluding hydrogens is 389 g/mol. The number of aliphatic imine (C=N–C) groups is 1. The van der Waals surface area contributed by atoms with Crippen molar-refractivity contribution >= 4 is 35.1 Å². The van der Waals surface area contributed by atoms with E-state index in [0.29, 0.717) is 41.2 Å². The Balaban J connectivity index is 1.68. The lowest BCUT2D eigenvalue weighted by Crippen LogP contribution is -2.42. The van der Waals surface area contributed by atoms with Gasteiger partial charge in [0.25, 0.3) is 5.91 Å². The van der Waals surface area contributed by atoms with Gasteiger partial charge in [0.2, 0.25) is 0 Å². The summed E-state index contributed by atoms with van der Waals surface area (Å²) in [6, 6.07) is 4.78. The monoisotopic (exact) mass is 411 g/mol. The van der Waals surface area contributed by atoms with Crippen LogP contribution in [0.1, 0.15) is 23.1 Å². The van der Waals surface area contributed by atoms with Gasteiger partial charge in [0.05, 0.1) is 10.0 Å². The standard InChI is InChI=1S/C17H23Cl2N7O/c1-3-15-25-24-11-26(15)9-8-23-17(20-2)22-7-6-21-16(27)12-4-5-13(18)14(19)10-12/h4-5,10-11H,3,6-9H2,1-2H3,(H,21,27)(H2,20,22,23). The molecule has 0 unspecified atom stereocenters. The number of amides is 1. The summed E-state index contributed by atoms with van der Waals surface area (Å²) < 4.78 is 2.00. The number of guanidine groups is 1. The summed E-state index contributed by atoms with van der Waals surface area (Å²) in [6.07, 6.45) is 2.56. The molecule has 10 heteroatoms. The highest BCUT2D eigenvalue weighted by molar-refractivity contribution is 6.42. The molecule has 0 saturated carbocycles. The molecule has 1 aromatic heterocycles. The summed E-state index contributed by atoms with van der Waals surface area (Å²) >= 11 is 11.8. The third-order valence-corrected chi connectivity index (χ3v) is 4.50. The predicted octanol–water partition coefficient (Wildman–Crippen LogP) is 1.74. The number of benzene rings is 1. The van der Waals surface area contributed by atoms with Crippen LogP contribution in [-0.4, -0.2) is 53.3 Å². The van der Waals surface area contributed by atoms with Crippen molar-refractivity contribution in [1.29, 1.82) is 0 Å². The smallest absolute Gasteiger partial charge is 0.251 e. The number of aromatic nitrogens is 3. The fourth-order valence-electron chi connectivity index (χ4n) is 2.35. The van der Waals surface area contributed by atoms with E-state index in [1.54, 1.807) is 31.6 Å². The quantitative estimate of drug-likeness (QED) is 0.349. The predicted molar refractivity (Wildman–Crippen MR) is 108 cm³/mol. The molecule has 0 atom stereocenters. The lowest BCUT2D eigenvalue weighted by Gasteiger charge is -2.13. The van der Waals surface area contributed by atoms with E-state index in [-0.39, 0.29) is 5.91 Å². The van der Waals surface area contributed by atoms with Gasteiger partial charge in [-0.3, -0.25) is 9.79 Å². The van der Waals surface area contributed by atoms with Crippen LogP contribution in [-0.2, 0) is 13.0 Å². The molecule has 27 heavy (non-hydrogen) atoms. The third kappa shape index (κ3) is 6.41. The normalized spacial score (nSPS) is 11.3. The van der Waals surface area contributed by atoms with Crippen LogP contribution < -0.4 is 16.0 Å². The van der Waals surface area contributed by atoms with Crippen molar-refractivity contribution in [2.24, 2.45) is 4.99 Å². The Hall–Kier alpha value is -2.32. The third-order valence-electron chi connectivity index (χ3n) is 3.77. The van der Waals surface area contributed by atoms with Gasteiger partial charge in [0.1, 0.15) is 12.2 Å². The SMILES string of the molecule is CCc1nncn1CCNC(=NC)NCCNC(=O)c1ccc(Cl)c(Cl)c1. The first-order valence-corrected chi connectivity index (χ1v) is 9.35. The molecule has 1 aromatic carbocycles. The van der Waals surface area contributed by atoms with E-state index in [9.17, 15) is 4.79 Å².